The van der Waals surface area contributed by atoms with E-state index in [-0.39, 0.29) is 12.3 Å². The highest BCUT2D eigenvalue weighted by molar-refractivity contribution is 7.98. The van der Waals surface area contributed by atoms with Crippen molar-refractivity contribution in [2.75, 3.05) is 5.32 Å². The van der Waals surface area contributed by atoms with E-state index in [0.717, 1.165) is 47.4 Å². The van der Waals surface area contributed by atoms with Gasteiger partial charge in [0.1, 0.15) is 11.1 Å². The number of hydrogen-bond donors (Lipinski definition) is 2. The predicted molar refractivity (Wildman–Crippen MR) is 127 cm³/mol. The third-order valence-electron chi connectivity index (χ3n) is 5.57. The van der Waals surface area contributed by atoms with Crippen molar-refractivity contribution in [3.63, 3.8) is 0 Å². The largest absolute Gasteiger partial charge is 0.339 e. The highest BCUT2D eigenvalue weighted by Gasteiger charge is 2.22. The summed E-state index contributed by atoms with van der Waals surface area (Å²) in [5.41, 5.74) is 4.85. The Kier molecular flexibility index (Phi) is 6.15. The summed E-state index contributed by atoms with van der Waals surface area (Å²) in [6.07, 6.45) is 4.70. The maximum atomic E-state index is 12.5. The number of carbonyl (C=O) groups is 1. The molecule has 8 nitrogen and oxygen atoms in total. The number of anilines is 1. The SMILES string of the molecule is Cc1ccc2nc(SCc3noc(CCC(=O)Nc4sc5c(c4C#N)CCCC5)n3)[nH]c2c1. The van der Waals surface area contributed by atoms with Crippen molar-refractivity contribution in [2.45, 2.75) is 56.4 Å². The van der Waals surface area contributed by atoms with Crippen molar-refractivity contribution in [3.05, 3.63) is 51.5 Å². The first kappa shape index (κ1) is 21.7. The van der Waals surface area contributed by atoms with Crippen LogP contribution in [-0.4, -0.2) is 26.0 Å². The van der Waals surface area contributed by atoms with E-state index >= 15 is 0 Å². The van der Waals surface area contributed by atoms with Crippen molar-refractivity contribution >= 4 is 45.0 Å². The van der Waals surface area contributed by atoms with Gasteiger partial charge in [-0.1, -0.05) is 23.0 Å². The number of imidazole rings is 1. The van der Waals surface area contributed by atoms with E-state index in [1.54, 1.807) is 0 Å². The molecule has 0 bridgehead atoms. The molecule has 1 aromatic carbocycles. The summed E-state index contributed by atoms with van der Waals surface area (Å²) in [5.74, 6) is 1.34. The van der Waals surface area contributed by atoms with Crippen molar-refractivity contribution in [3.8, 4) is 6.07 Å². The van der Waals surface area contributed by atoms with Gasteiger partial charge in [-0.25, -0.2) is 4.98 Å². The quantitative estimate of drug-likeness (QED) is 0.361. The van der Waals surface area contributed by atoms with E-state index in [4.69, 9.17) is 4.52 Å². The van der Waals surface area contributed by atoms with Crippen LogP contribution in [0.4, 0.5) is 5.00 Å². The molecule has 0 saturated carbocycles. The number of thiophene rings is 1. The summed E-state index contributed by atoms with van der Waals surface area (Å²) in [4.78, 5) is 25.9. The Morgan fingerprint density at radius 2 is 2.21 bits per heavy atom. The molecule has 1 aliphatic carbocycles. The fraction of sp³-hybridized carbons (Fsp3) is 0.348. The zero-order chi connectivity index (χ0) is 22.8. The molecule has 1 amide bonds. The third kappa shape index (κ3) is 4.79. The third-order valence-corrected chi connectivity index (χ3v) is 7.64. The van der Waals surface area contributed by atoms with Crippen molar-refractivity contribution < 1.29 is 9.32 Å². The molecule has 0 fully saturated rings. The molecule has 0 radical (unpaired) electrons. The minimum absolute atomic E-state index is 0.156. The Balaban J connectivity index is 1.14. The summed E-state index contributed by atoms with van der Waals surface area (Å²) in [6.45, 7) is 2.05. The highest BCUT2D eigenvalue weighted by atomic mass is 32.2. The first-order chi connectivity index (χ1) is 16.1. The molecule has 4 aromatic rings. The lowest BCUT2D eigenvalue weighted by atomic mass is 9.96. The van der Waals surface area contributed by atoms with Crippen LogP contribution in [0.15, 0.2) is 27.9 Å². The van der Waals surface area contributed by atoms with Crippen molar-refractivity contribution in [2.24, 2.45) is 0 Å². The number of fused-ring (bicyclic) bond motifs is 2. The van der Waals surface area contributed by atoms with Gasteiger partial charge < -0.3 is 14.8 Å². The zero-order valence-electron chi connectivity index (χ0n) is 18.1. The summed E-state index contributed by atoms with van der Waals surface area (Å²) in [6, 6.07) is 8.36. The van der Waals surface area contributed by atoms with E-state index in [2.05, 4.69) is 37.6 Å². The van der Waals surface area contributed by atoms with Crippen molar-refractivity contribution in [1.82, 2.24) is 20.1 Å². The van der Waals surface area contributed by atoms with Crippen LogP contribution >= 0.6 is 23.1 Å². The average Bonchev–Trinajstić information content (AvgIpc) is 3.52. The molecule has 33 heavy (non-hydrogen) atoms. The van der Waals surface area contributed by atoms with Crippen LogP contribution < -0.4 is 5.32 Å². The van der Waals surface area contributed by atoms with Crippen LogP contribution in [0.5, 0.6) is 0 Å². The maximum Gasteiger partial charge on any atom is 0.227 e. The van der Waals surface area contributed by atoms with Gasteiger partial charge in [-0.05, 0) is 55.9 Å². The Hall–Kier alpha value is -3.16. The van der Waals surface area contributed by atoms with Crippen LogP contribution in [0.25, 0.3) is 11.0 Å². The van der Waals surface area contributed by atoms with Gasteiger partial charge in [-0.15, -0.1) is 11.3 Å². The molecule has 0 unspecified atom stereocenters. The van der Waals surface area contributed by atoms with Gasteiger partial charge in [0.15, 0.2) is 11.0 Å². The molecule has 10 heteroatoms. The smallest absolute Gasteiger partial charge is 0.227 e. The Labute approximate surface area is 198 Å². The number of aryl methyl sites for hydroxylation is 3. The fourth-order valence-electron chi connectivity index (χ4n) is 3.93. The number of nitrogens with zero attached hydrogens (tertiary/aromatic N) is 4. The van der Waals surface area contributed by atoms with Gasteiger partial charge in [0, 0.05) is 17.7 Å². The highest BCUT2D eigenvalue weighted by Crippen LogP contribution is 2.37. The van der Waals surface area contributed by atoms with Gasteiger partial charge in [0.25, 0.3) is 0 Å². The van der Waals surface area contributed by atoms with Crippen LogP contribution in [0.3, 0.4) is 0 Å². The van der Waals surface area contributed by atoms with Gasteiger partial charge >= 0.3 is 0 Å². The summed E-state index contributed by atoms with van der Waals surface area (Å²) in [5, 5.41) is 17.9. The second kappa shape index (κ2) is 9.37. The molecule has 3 aromatic heterocycles. The summed E-state index contributed by atoms with van der Waals surface area (Å²) >= 11 is 3.03. The first-order valence-electron chi connectivity index (χ1n) is 10.8. The van der Waals surface area contributed by atoms with Gasteiger partial charge in [0.05, 0.1) is 22.3 Å². The van der Waals surface area contributed by atoms with Gasteiger partial charge in [-0.3, -0.25) is 4.79 Å². The summed E-state index contributed by atoms with van der Waals surface area (Å²) in [7, 11) is 0. The number of aromatic amines is 1. The maximum absolute atomic E-state index is 12.5. The van der Waals surface area contributed by atoms with Gasteiger partial charge in [-0.2, -0.15) is 10.2 Å². The first-order valence-corrected chi connectivity index (χ1v) is 12.6. The average molecular weight is 479 g/mol. The monoisotopic (exact) mass is 478 g/mol. The lowest BCUT2D eigenvalue weighted by Gasteiger charge is -2.09. The van der Waals surface area contributed by atoms with Gasteiger partial charge in [0.2, 0.25) is 11.8 Å². The number of aromatic nitrogens is 4. The van der Waals surface area contributed by atoms with E-state index in [1.807, 2.05) is 19.1 Å². The van der Waals surface area contributed by atoms with Crippen LogP contribution in [0.1, 0.15) is 52.5 Å². The normalized spacial score (nSPS) is 13.1. The lowest BCUT2D eigenvalue weighted by Crippen LogP contribution is -2.12. The van der Waals surface area contributed by atoms with E-state index < -0.39 is 0 Å². The molecule has 5 rings (SSSR count). The van der Waals surface area contributed by atoms with E-state index in [9.17, 15) is 10.1 Å². The molecule has 0 saturated heterocycles. The minimum atomic E-state index is -0.156. The molecule has 3 heterocycles. The van der Waals surface area contributed by atoms with Crippen LogP contribution in [-0.2, 0) is 29.8 Å². The number of nitriles is 1. The minimum Gasteiger partial charge on any atom is -0.339 e. The molecule has 0 aliphatic heterocycles. The molecular weight excluding hydrogens is 456 g/mol. The summed E-state index contributed by atoms with van der Waals surface area (Å²) < 4.78 is 5.30. The number of carbonyl (C=O) groups excluding carboxylic acids is 1. The molecule has 168 valence electrons. The molecular formula is C23H22N6O2S2. The van der Waals surface area contributed by atoms with E-state index in [0.29, 0.717) is 34.5 Å². The standard InChI is InChI=1S/C23H22N6O2S2/c1-13-6-7-16-17(10-13)26-23(25-16)32-12-19-27-21(31-29-19)9-8-20(30)28-22-15(11-24)14-4-2-3-5-18(14)33-22/h6-7,10H,2-5,8-9,12H2,1H3,(H,25,26)(H,28,30). The molecule has 0 spiro atoms. The molecule has 0 atom stereocenters. The number of nitrogens with one attached hydrogen (secondary N) is 2. The fourth-order valence-corrected chi connectivity index (χ4v) is 5.92. The lowest BCUT2D eigenvalue weighted by molar-refractivity contribution is -0.116. The Bertz CT molecular complexity index is 1360. The predicted octanol–water partition coefficient (Wildman–Crippen LogP) is 4.93. The number of thioether (sulfide) groups is 1. The second-order valence-corrected chi connectivity index (χ2v) is 10.1. The topological polar surface area (TPSA) is 120 Å². The number of H-pyrrole nitrogens is 1. The van der Waals surface area contributed by atoms with Crippen molar-refractivity contribution in [1.29, 1.82) is 5.26 Å². The van der Waals surface area contributed by atoms with E-state index in [1.165, 1.54) is 33.5 Å². The number of rotatable bonds is 7. The molecule has 2 N–H and O–H groups in total. The number of amides is 1. The zero-order valence-corrected chi connectivity index (χ0v) is 19.7. The Morgan fingerprint density at radius 3 is 3.09 bits per heavy atom. The number of benzene rings is 1. The second-order valence-electron chi connectivity index (χ2n) is 8.03. The van der Waals surface area contributed by atoms with Crippen LogP contribution in [0, 0.1) is 18.3 Å². The Morgan fingerprint density at radius 1 is 1.33 bits per heavy atom. The molecule has 1 aliphatic rings. The van der Waals surface area contributed by atoms with Crippen LogP contribution in [0.2, 0.25) is 0 Å². The number of hydrogen-bond acceptors (Lipinski definition) is 8.